The van der Waals surface area contributed by atoms with E-state index in [-0.39, 0.29) is 34.9 Å². The molecule has 4 nitrogen and oxygen atoms in total. The number of carbonyl (C=O) groups is 3. The van der Waals surface area contributed by atoms with Crippen LogP contribution in [0.1, 0.15) is 46.5 Å². The van der Waals surface area contributed by atoms with Gasteiger partial charge < -0.3 is 9.90 Å². The van der Waals surface area contributed by atoms with Crippen LogP contribution in [0.15, 0.2) is 35.5 Å². The molecule has 2 saturated carbocycles. The van der Waals surface area contributed by atoms with E-state index in [9.17, 15) is 14.7 Å². The fraction of sp³-hybridized carbons (Fsp3) is 0.609. The molecule has 2 unspecified atom stereocenters. The van der Waals surface area contributed by atoms with Gasteiger partial charge in [0.15, 0.2) is 11.6 Å². The Morgan fingerprint density at radius 3 is 2.70 bits per heavy atom. The molecule has 6 atom stereocenters. The molecule has 4 rings (SSSR count). The Kier molecular flexibility index (Phi) is 5.15. The highest BCUT2D eigenvalue weighted by Crippen LogP contribution is 2.65. The molecule has 0 aromatic heterocycles. The smallest absolute Gasteiger partial charge is 0.178 e. The standard InChI is InChI=1S/C22H28O3.CH2O/c1-13-10-18-16-5-4-14-11-15(24)6-8-21(14,2)17(16)7-9-22(18,3)20(13)19(25)12-23;1-2/h6-8,11,13,16,18,20,23H,4-5,9-10,12H2,1-3H3;1H2/t13-,16?,18?,20-,21+,22+;/m1./s1. The molecule has 4 aliphatic rings. The van der Waals surface area contributed by atoms with E-state index in [0.29, 0.717) is 17.8 Å². The molecule has 0 bridgehead atoms. The summed E-state index contributed by atoms with van der Waals surface area (Å²) in [4.78, 5) is 32.2. The van der Waals surface area contributed by atoms with Crippen LogP contribution in [0.5, 0.6) is 0 Å². The maximum Gasteiger partial charge on any atom is 0.178 e. The molecule has 0 saturated heterocycles. The van der Waals surface area contributed by atoms with Crippen LogP contribution < -0.4 is 0 Å². The number of ketones is 2. The highest BCUT2D eigenvalue weighted by Gasteiger charge is 2.59. The van der Waals surface area contributed by atoms with Crippen molar-refractivity contribution in [3.05, 3.63) is 35.5 Å². The van der Waals surface area contributed by atoms with E-state index in [4.69, 9.17) is 4.79 Å². The molecular formula is C23H30O4. The number of carbonyl (C=O) groups excluding carboxylic acids is 3. The fourth-order valence-electron chi connectivity index (χ4n) is 6.67. The van der Waals surface area contributed by atoms with Crippen LogP contribution in [0.2, 0.25) is 0 Å². The number of allylic oxidation sites excluding steroid dienone is 6. The lowest BCUT2D eigenvalue weighted by Crippen LogP contribution is -2.45. The molecule has 0 heterocycles. The summed E-state index contributed by atoms with van der Waals surface area (Å²) in [5, 5.41) is 9.46. The third kappa shape index (κ3) is 2.80. The van der Waals surface area contributed by atoms with Crippen molar-refractivity contribution in [3.8, 4) is 0 Å². The molecule has 0 aromatic carbocycles. The summed E-state index contributed by atoms with van der Waals surface area (Å²) in [7, 11) is 0. The average Bonchev–Trinajstić information content (AvgIpc) is 2.93. The number of rotatable bonds is 2. The summed E-state index contributed by atoms with van der Waals surface area (Å²) in [5.74, 6) is 1.39. The minimum Gasteiger partial charge on any atom is -0.389 e. The first-order chi connectivity index (χ1) is 12.8. The summed E-state index contributed by atoms with van der Waals surface area (Å²) >= 11 is 0. The van der Waals surface area contributed by atoms with E-state index in [2.05, 4.69) is 32.9 Å². The molecule has 27 heavy (non-hydrogen) atoms. The van der Waals surface area contributed by atoms with Crippen LogP contribution in [-0.4, -0.2) is 30.1 Å². The Hall–Kier alpha value is -1.81. The van der Waals surface area contributed by atoms with Gasteiger partial charge in [0.1, 0.15) is 13.4 Å². The molecule has 0 aliphatic heterocycles. The molecule has 0 radical (unpaired) electrons. The molecule has 0 amide bonds. The van der Waals surface area contributed by atoms with Crippen molar-refractivity contribution in [1.82, 2.24) is 0 Å². The van der Waals surface area contributed by atoms with E-state index >= 15 is 0 Å². The van der Waals surface area contributed by atoms with Gasteiger partial charge in [-0.15, -0.1) is 0 Å². The van der Waals surface area contributed by atoms with Gasteiger partial charge in [-0.05, 0) is 67.9 Å². The summed E-state index contributed by atoms with van der Waals surface area (Å²) in [6.45, 7) is 8.35. The van der Waals surface area contributed by atoms with Crippen LogP contribution in [0.4, 0.5) is 0 Å². The zero-order valence-electron chi connectivity index (χ0n) is 16.5. The van der Waals surface area contributed by atoms with E-state index in [0.717, 1.165) is 25.7 Å². The van der Waals surface area contributed by atoms with Crippen LogP contribution in [-0.2, 0) is 14.4 Å². The molecule has 0 spiro atoms. The van der Waals surface area contributed by atoms with Crippen molar-refractivity contribution in [2.45, 2.75) is 46.5 Å². The van der Waals surface area contributed by atoms with Gasteiger partial charge in [-0.1, -0.05) is 37.1 Å². The van der Waals surface area contributed by atoms with Gasteiger partial charge in [-0.25, -0.2) is 0 Å². The number of hydrogen-bond acceptors (Lipinski definition) is 4. The van der Waals surface area contributed by atoms with Gasteiger partial charge in [-0.2, -0.15) is 0 Å². The Bertz CT molecular complexity index is 745. The van der Waals surface area contributed by atoms with Crippen LogP contribution >= 0.6 is 0 Å². The first kappa shape index (κ1) is 19.9. The van der Waals surface area contributed by atoms with Crippen LogP contribution in [0.3, 0.4) is 0 Å². The molecule has 146 valence electrons. The predicted molar refractivity (Wildman–Crippen MR) is 104 cm³/mol. The number of aliphatic hydroxyl groups is 1. The van der Waals surface area contributed by atoms with Gasteiger partial charge in [0.25, 0.3) is 0 Å². The van der Waals surface area contributed by atoms with Crippen LogP contribution in [0, 0.1) is 34.5 Å². The number of hydrogen-bond donors (Lipinski definition) is 1. The van der Waals surface area contributed by atoms with E-state index < -0.39 is 0 Å². The molecular weight excluding hydrogens is 340 g/mol. The van der Waals surface area contributed by atoms with Gasteiger partial charge in [0.2, 0.25) is 0 Å². The summed E-state index contributed by atoms with van der Waals surface area (Å²) in [6, 6.07) is 0. The van der Waals surface area contributed by atoms with Crippen molar-refractivity contribution >= 4 is 18.4 Å². The van der Waals surface area contributed by atoms with Crippen LogP contribution in [0.25, 0.3) is 0 Å². The largest absolute Gasteiger partial charge is 0.389 e. The van der Waals surface area contributed by atoms with Crippen molar-refractivity contribution in [2.75, 3.05) is 6.61 Å². The molecule has 1 N–H and O–H groups in total. The minimum atomic E-state index is -0.339. The lowest BCUT2D eigenvalue weighted by Gasteiger charge is -2.52. The van der Waals surface area contributed by atoms with Gasteiger partial charge in [0.05, 0.1) is 0 Å². The van der Waals surface area contributed by atoms with E-state index in [1.807, 2.05) is 12.9 Å². The third-order valence-corrected chi connectivity index (χ3v) is 7.79. The number of fused-ring (bicyclic) bond motifs is 5. The van der Waals surface area contributed by atoms with Crippen molar-refractivity contribution in [3.63, 3.8) is 0 Å². The lowest BCUT2D eigenvalue weighted by molar-refractivity contribution is -0.131. The highest BCUT2D eigenvalue weighted by molar-refractivity contribution is 6.01. The normalized spacial score (nSPS) is 42.0. The third-order valence-electron chi connectivity index (χ3n) is 7.79. The van der Waals surface area contributed by atoms with Crippen molar-refractivity contribution < 1.29 is 19.5 Å². The SMILES string of the molecule is C=O.C[C@@H]1CC2C3CCC4=CC(=O)C=C[C@]4(C)C3=CC[C@]2(C)[C@H]1C(=O)CO. The summed E-state index contributed by atoms with van der Waals surface area (Å²) in [6.07, 6.45) is 12.0. The number of Topliss-reactive ketones (excluding diaryl/α,β-unsaturated/α-hetero) is 1. The van der Waals surface area contributed by atoms with Gasteiger partial charge in [0, 0.05) is 11.3 Å². The maximum atomic E-state index is 12.4. The quantitative estimate of drug-likeness (QED) is 0.756. The lowest BCUT2D eigenvalue weighted by atomic mass is 9.52. The predicted octanol–water partition coefficient (Wildman–Crippen LogP) is 3.45. The first-order valence-electron chi connectivity index (χ1n) is 9.88. The zero-order valence-corrected chi connectivity index (χ0v) is 16.5. The molecule has 4 aliphatic carbocycles. The highest BCUT2D eigenvalue weighted by atomic mass is 16.3. The Balaban J connectivity index is 0.00000102. The van der Waals surface area contributed by atoms with Gasteiger partial charge in [-0.3, -0.25) is 9.59 Å². The van der Waals surface area contributed by atoms with E-state index in [1.54, 1.807) is 6.08 Å². The van der Waals surface area contributed by atoms with Crippen molar-refractivity contribution in [1.29, 1.82) is 0 Å². The molecule has 0 aromatic rings. The topological polar surface area (TPSA) is 71.4 Å². The maximum absolute atomic E-state index is 12.4. The second-order valence-corrected chi connectivity index (χ2v) is 9.04. The summed E-state index contributed by atoms with van der Waals surface area (Å²) < 4.78 is 0. The average molecular weight is 370 g/mol. The monoisotopic (exact) mass is 370 g/mol. The Morgan fingerprint density at radius 2 is 2.04 bits per heavy atom. The minimum absolute atomic E-state index is 0.0140. The zero-order chi connectivity index (χ0) is 20.0. The van der Waals surface area contributed by atoms with E-state index in [1.165, 1.54) is 11.1 Å². The fourth-order valence-corrected chi connectivity index (χ4v) is 6.67. The first-order valence-corrected chi connectivity index (χ1v) is 9.88. The van der Waals surface area contributed by atoms with Crippen molar-refractivity contribution in [2.24, 2.45) is 34.5 Å². The second-order valence-electron chi connectivity index (χ2n) is 9.04. The molecule has 2 fully saturated rings. The summed E-state index contributed by atoms with van der Waals surface area (Å²) in [5.41, 5.74) is 2.54. The second kappa shape index (κ2) is 6.97. The Morgan fingerprint density at radius 1 is 1.33 bits per heavy atom. The number of aliphatic hydroxyl groups excluding tert-OH is 1. The molecule has 4 heteroatoms. The Labute approximate surface area is 161 Å². The van der Waals surface area contributed by atoms with Gasteiger partial charge >= 0.3 is 0 Å².